The van der Waals surface area contributed by atoms with Gasteiger partial charge in [-0.05, 0) is 25.4 Å². The van der Waals surface area contributed by atoms with E-state index in [0.717, 1.165) is 6.92 Å². The van der Waals surface area contributed by atoms with Gasteiger partial charge in [0.25, 0.3) is 0 Å². The van der Waals surface area contributed by atoms with E-state index in [0.29, 0.717) is 16.7 Å². The highest BCUT2D eigenvalue weighted by Crippen LogP contribution is 2.32. The van der Waals surface area contributed by atoms with Gasteiger partial charge in [0, 0.05) is 12.1 Å². The molecule has 1 atom stereocenters. The summed E-state index contributed by atoms with van der Waals surface area (Å²) in [5, 5.41) is 1.60. The Bertz CT molecular complexity index is 717. The molecular weight excluding hydrogens is 348 g/mol. The Labute approximate surface area is 131 Å². The van der Waals surface area contributed by atoms with Crippen molar-refractivity contribution in [2.24, 2.45) is 0 Å². The van der Waals surface area contributed by atoms with Crippen LogP contribution in [0.4, 0.5) is 32.2 Å². The smallest absolute Gasteiger partial charge is 0.358 e. The first-order valence-corrected chi connectivity index (χ1v) is 6.63. The summed E-state index contributed by atoms with van der Waals surface area (Å²) in [6.45, 7) is 2.13. The molecule has 1 N–H and O–H groups in total. The number of hydrogen-bond donors (Lipinski definition) is 1. The molecular formula is C13H10ClF6N3. The average Bonchev–Trinajstić information content (AvgIpc) is 2.63. The molecule has 3 nitrogen and oxygen atoms in total. The number of halogens is 7. The SMILES string of the molecule is Cc1nc(Cl)n(-c2c(F)cc(F)cc2F)c1NC(C)C(F)(F)F. The Balaban J connectivity index is 2.61. The number of anilines is 1. The third-order valence-electron chi connectivity index (χ3n) is 3.06. The number of aryl methyl sites for hydroxylation is 1. The molecule has 126 valence electrons. The summed E-state index contributed by atoms with van der Waals surface area (Å²) in [4.78, 5) is 3.70. The van der Waals surface area contributed by atoms with Gasteiger partial charge >= 0.3 is 6.18 Å². The number of nitrogens with one attached hydrogen (secondary N) is 1. The lowest BCUT2D eigenvalue weighted by atomic mass is 10.2. The Hall–Kier alpha value is -1.90. The van der Waals surface area contributed by atoms with E-state index in [9.17, 15) is 26.3 Å². The van der Waals surface area contributed by atoms with Gasteiger partial charge in [-0.1, -0.05) is 0 Å². The molecule has 0 bridgehead atoms. The maximum atomic E-state index is 13.9. The lowest BCUT2D eigenvalue weighted by Gasteiger charge is -2.20. The number of rotatable bonds is 3. The average molecular weight is 358 g/mol. The summed E-state index contributed by atoms with van der Waals surface area (Å²) in [6.07, 6.45) is -4.60. The van der Waals surface area contributed by atoms with Gasteiger partial charge in [-0.25, -0.2) is 18.2 Å². The molecule has 0 aliphatic rings. The van der Waals surface area contributed by atoms with Crippen LogP contribution in [0.15, 0.2) is 12.1 Å². The maximum Gasteiger partial charge on any atom is 0.408 e. The second-order valence-electron chi connectivity index (χ2n) is 4.78. The Morgan fingerprint density at radius 1 is 1.17 bits per heavy atom. The van der Waals surface area contributed by atoms with Crippen molar-refractivity contribution in [3.8, 4) is 5.69 Å². The van der Waals surface area contributed by atoms with E-state index in [4.69, 9.17) is 11.6 Å². The van der Waals surface area contributed by atoms with Gasteiger partial charge in [-0.2, -0.15) is 13.2 Å². The number of benzene rings is 1. The van der Waals surface area contributed by atoms with E-state index in [1.54, 1.807) is 0 Å². The zero-order valence-corrected chi connectivity index (χ0v) is 12.5. The number of hydrogen-bond acceptors (Lipinski definition) is 2. The monoisotopic (exact) mass is 357 g/mol. The summed E-state index contributed by atoms with van der Waals surface area (Å²) in [5.41, 5.74) is -0.830. The van der Waals surface area contributed by atoms with Crippen molar-refractivity contribution in [2.75, 3.05) is 5.32 Å². The molecule has 0 amide bonds. The fraction of sp³-hybridized carbons (Fsp3) is 0.308. The van der Waals surface area contributed by atoms with Crippen LogP contribution < -0.4 is 5.32 Å². The minimum absolute atomic E-state index is 0.00535. The van der Waals surface area contributed by atoms with Crippen molar-refractivity contribution in [3.05, 3.63) is 40.6 Å². The molecule has 0 spiro atoms. The topological polar surface area (TPSA) is 29.9 Å². The van der Waals surface area contributed by atoms with E-state index >= 15 is 0 Å². The van der Waals surface area contributed by atoms with Crippen molar-refractivity contribution >= 4 is 17.4 Å². The van der Waals surface area contributed by atoms with Crippen LogP contribution in [0.1, 0.15) is 12.6 Å². The molecule has 10 heteroatoms. The Morgan fingerprint density at radius 3 is 2.17 bits per heavy atom. The molecule has 0 aliphatic carbocycles. The van der Waals surface area contributed by atoms with Crippen molar-refractivity contribution in [2.45, 2.75) is 26.1 Å². The number of aromatic nitrogens is 2. The molecule has 0 saturated carbocycles. The molecule has 2 rings (SSSR count). The first-order valence-electron chi connectivity index (χ1n) is 6.25. The Kier molecular flexibility index (Phi) is 4.52. The van der Waals surface area contributed by atoms with E-state index in [1.165, 1.54) is 6.92 Å². The van der Waals surface area contributed by atoms with E-state index in [-0.39, 0.29) is 11.5 Å². The molecule has 0 aliphatic heterocycles. The van der Waals surface area contributed by atoms with Gasteiger partial charge in [-0.3, -0.25) is 4.57 Å². The third kappa shape index (κ3) is 3.39. The van der Waals surface area contributed by atoms with Crippen LogP contribution in [0.3, 0.4) is 0 Å². The van der Waals surface area contributed by atoms with Crippen molar-refractivity contribution < 1.29 is 26.3 Å². The van der Waals surface area contributed by atoms with Crippen LogP contribution >= 0.6 is 11.6 Å². The highest BCUT2D eigenvalue weighted by atomic mass is 35.5. The summed E-state index contributed by atoms with van der Waals surface area (Å²) < 4.78 is 79.5. The molecule has 1 heterocycles. The molecule has 0 radical (unpaired) electrons. The highest BCUT2D eigenvalue weighted by molar-refractivity contribution is 6.29. The van der Waals surface area contributed by atoms with E-state index in [2.05, 4.69) is 10.3 Å². The lowest BCUT2D eigenvalue weighted by Crippen LogP contribution is -2.34. The largest absolute Gasteiger partial charge is 0.408 e. The Morgan fingerprint density at radius 2 is 1.70 bits per heavy atom. The van der Waals surface area contributed by atoms with Crippen LogP contribution in [0.5, 0.6) is 0 Å². The van der Waals surface area contributed by atoms with Crippen LogP contribution in [0.25, 0.3) is 5.69 Å². The van der Waals surface area contributed by atoms with Crippen LogP contribution in [0.2, 0.25) is 5.28 Å². The standard InChI is InChI=1S/C13H10ClF6N3/c1-5-11(22-6(2)13(18,19)20)23(12(14)21-5)10-8(16)3-7(15)4-9(10)17/h3-4,6,22H,1-2H3. The number of alkyl halides is 3. The number of imidazole rings is 1. The minimum atomic E-state index is -4.60. The second-order valence-corrected chi connectivity index (χ2v) is 5.11. The normalized spacial score (nSPS) is 13.3. The maximum absolute atomic E-state index is 13.9. The van der Waals surface area contributed by atoms with E-state index < -0.39 is 40.6 Å². The lowest BCUT2D eigenvalue weighted by molar-refractivity contribution is -0.138. The van der Waals surface area contributed by atoms with Crippen LogP contribution in [-0.2, 0) is 0 Å². The van der Waals surface area contributed by atoms with Gasteiger partial charge < -0.3 is 5.32 Å². The van der Waals surface area contributed by atoms with Gasteiger partial charge in [0.1, 0.15) is 23.4 Å². The summed E-state index contributed by atoms with van der Waals surface area (Å²) >= 11 is 5.77. The molecule has 1 unspecified atom stereocenters. The first kappa shape index (κ1) is 17.5. The zero-order valence-electron chi connectivity index (χ0n) is 11.8. The molecule has 23 heavy (non-hydrogen) atoms. The summed E-state index contributed by atoms with van der Waals surface area (Å²) in [5.74, 6) is -4.17. The quantitative estimate of drug-likeness (QED) is 0.813. The zero-order chi connectivity index (χ0) is 17.5. The van der Waals surface area contributed by atoms with E-state index in [1.807, 2.05) is 0 Å². The molecule has 2 aromatic rings. The predicted octanol–water partition coefficient (Wildman–Crippen LogP) is 4.61. The van der Waals surface area contributed by atoms with Crippen molar-refractivity contribution in [3.63, 3.8) is 0 Å². The van der Waals surface area contributed by atoms with Crippen LogP contribution in [0, 0.1) is 24.4 Å². The minimum Gasteiger partial charge on any atom is -0.358 e. The molecule has 1 aromatic heterocycles. The summed E-state index contributed by atoms with van der Waals surface area (Å²) in [7, 11) is 0. The van der Waals surface area contributed by atoms with Gasteiger partial charge in [0.15, 0.2) is 11.6 Å². The molecule has 0 saturated heterocycles. The fourth-order valence-electron chi connectivity index (χ4n) is 1.90. The predicted molar refractivity (Wildman–Crippen MR) is 72.3 cm³/mol. The molecule has 0 fully saturated rings. The summed E-state index contributed by atoms with van der Waals surface area (Å²) in [6, 6.07) is -1.25. The second kappa shape index (κ2) is 5.95. The van der Waals surface area contributed by atoms with Gasteiger partial charge in [0.05, 0.1) is 5.69 Å². The van der Waals surface area contributed by atoms with Crippen molar-refractivity contribution in [1.29, 1.82) is 0 Å². The third-order valence-corrected chi connectivity index (χ3v) is 3.31. The van der Waals surface area contributed by atoms with Crippen LogP contribution in [-0.4, -0.2) is 21.8 Å². The highest BCUT2D eigenvalue weighted by Gasteiger charge is 2.37. The fourth-order valence-corrected chi connectivity index (χ4v) is 2.20. The molecule has 1 aromatic carbocycles. The number of nitrogens with zero attached hydrogens (tertiary/aromatic N) is 2. The van der Waals surface area contributed by atoms with Crippen molar-refractivity contribution in [1.82, 2.24) is 9.55 Å². The van der Waals surface area contributed by atoms with Gasteiger partial charge in [-0.15, -0.1) is 0 Å². The van der Waals surface area contributed by atoms with Gasteiger partial charge in [0.2, 0.25) is 5.28 Å². The first-order chi connectivity index (χ1) is 10.5.